The van der Waals surface area contributed by atoms with Gasteiger partial charge >= 0.3 is 6.18 Å². The molecule has 84 valence electrons. The van der Waals surface area contributed by atoms with Crippen LogP contribution in [0.3, 0.4) is 0 Å². The molecule has 1 atom stereocenters. The summed E-state index contributed by atoms with van der Waals surface area (Å²) in [7, 11) is 0. The van der Waals surface area contributed by atoms with E-state index in [4.69, 9.17) is 15.9 Å². The van der Waals surface area contributed by atoms with E-state index >= 15 is 0 Å². The van der Waals surface area contributed by atoms with Crippen LogP contribution >= 0.6 is 0 Å². The molecule has 0 amide bonds. The molecule has 1 unspecified atom stereocenters. The van der Waals surface area contributed by atoms with Crippen LogP contribution < -0.4 is 5.73 Å². The maximum atomic E-state index is 12.0. The van der Waals surface area contributed by atoms with E-state index in [1.807, 2.05) is 0 Å². The molecule has 0 aliphatic rings. The Hall–Kier alpha value is -1.57. The molecule has 1 aromatic heterocycles. The maximum Gasteiger partial charge on any atom is 0.414 e. The lowest BCUT2D eigenvalue weighted by Crippen LogP contribution is -2.30. The Labute approximate surface area is 82.4 Å². The highest BCUT2D eigenvalue weighted by atomic mass is 19.4. The fraction of sp³-hybridized carbons (Fsp3) is 0.429. The summed E-state index contributed by atoms with van der Waals surface area (Å²) in [4.78, 5) is 6.66. The van der Waals surface area contributed by atoms with Crippen LogP contribution in [-0.4, -0.2) is 32.5 Å². The van der Waals surface area contributed by atoms with Gasteiger partial charge < -0.3 is 15.9 Å². The number of hydrogen-bond acceptors (Lipinski definition) is 5. The van der Waals surface area contributed by atoms with Gasteiger partial charge in [0.1, 0.15) is 12.1 Å². The van der Waals surface area contributed by atoms with Crippen molar-refractivity contribution in [1.29, 1.82) is 0 Å². The minimum Gasteiger partial charge on any atom is -0.493 e. The van der Waals surface area contributed by atoms with Crippen molar-refractivity contribution < 1.29 is 23.4 Å². The molecule has 0 aromatic carbocycles. The number of halogens is 3. The fourth-order valence-electron chi connectivity index (χ4n) is 0.921. The molecule has 15 heavy (non-hydrogen) atoms. The van der Waals surface area contributed by atoms with E-state index in [0.717, 1.165) is 6.33 Å². The molecule has 0 saturated heterocycles. The molecule has 1 aromatic rings. The second kappa shape index (κ2) is 3.89. The first kappa shape index (κ1) is 11.5. The van der Waals surface area contributed by atoms with Gasteiger partial charge in [-0.05, 0) is 0 Å². The van der Waals surface area contributed by atoms with Gasteiger partial charge in [0.15, 0.2) is 6.10 Å². The average Bonchev–Trinajstić information content (AvgIpc) is 2.09. The third kappa shape index (κ3) is 2.69. The largest absolute Gasteiger partial charge is 0.493 e. The van der Waals surface area contributed by atoms with Crippen LogP contribution in [0.4, 0.5) is 19.0 Å². The van der Waals surface area contributed by atoms with Gasteiger partial charge in [-0.25, -0.2) is 9.97 Å². The minimum absolute atomic E-state index is 0.286. The predicted molar refractivity (Wildman–Crippen MR) is 43.9 cm³/mol. The lowest BCUT2D eigenvalue weighted by atomic mass is 10.1. The van der Waals surface area contributed by atoms with Crippen molar-refractivity contribution in [3.8, 4) is 5.88 Å². The lowest BCUT2D eigenvalue weighted by molar-refractivity contribution is -0.203. The van der Waals surface area contributed by atoms with Crippen LogP contribution in [0.25, 0.3) is 0 Å². The van der Waals surface area contributed by atoms with Crippen molar-refractivity contribution in [3.63, 3.8) is 0 Å². The Morgan fingerprint density at radius 2 is 2.00 bits per heavy atom. The Morgan fingerprint density at radius 1 is 1.40 bits per heavy atom. The number of aliphatic hydroxyl groups is 1. The number of aromatic hydroxyl groups is 1. The van der Waals surface area contributed by atoms with Gasteiger partial charge in [0.2, 0.25) is 5.88 Å². The van der Waals surface area contributed by atoms with Gasteiger partial charge in [-0.3, -0.25) is 0 Å². The van der Waals surface area contributed by atoms with E-state index in [9.17, 15) is 13.2 Å². The molecular formula is C7H8F3N3O2. The molecule has 5 nitrogen and oxygen atoms in total. The van der Waals surface area contributed by atoms with E-state index in [1.165, 1.54) is 0 Å². The molecule has 0 fully saturated rings. The van der Waals surface area contributed by atoms with Gasteiger partial charge in [0.25, 0.3) is 0 Å². The fourth-order valence-corrected chi connectivity index (χ4v) is 0.921. The van der Waals surface area contributed by atoms with Crippen molar-refractivity contribution in [1.82, 2.24) is 9.97 Å². The standard InChI is InChI=1S/C7H8F3N3O2/c8-7(9,10)4(14)1-3-5(11)12-2-13-6(3)15/h2,4,14H,1H2,(H3,11,12,13,15). The number of nitrogen functional groups attached to an aromatic ring is 1. The van der Waals surface area contributed by atoms with Gasteiger partial charge in [-0.1, -0.05) is 0 Å². The first-order chi connectivity index (χ1) is 6.82. The summed E-state index contributed by atoms with van der Waals surface area (Å²) in [6, 6.07) is 0. The van der Waals surface area contributed by atoms with Crippen LogP contribution in [0.1, 0.15) is 5.56 Å². The SMILES string of the molecule is Nc1ncnc(O)c1CC(O)C(F)(F)F. The summed E-state index contributed by atoms with van der Waals surface area (Å²) in [6.45, 7) is 0. The topological polar surface area (TPSA) is 92.3 Å². The normalized spacial score (nSPS) is 13.9. The molecule has 4 N–H and O–H groups in total. The molecule has 0 saturated carbocycles. The first-order valence-electron chi connectivity index (χ1n) is 3.85. The summed E-state index contributed by atoms with van der Waals surface area (Å²) < 4.78 is 36.0. The number of aliphatic hydroxyl groups excluding tert-OH is 1. The molecule has 8 heteroatoms. The summed E-state index contributed by atoms with van der Waals surface area (Å²) in [5, 5.41) is 17.8. The second-order valence-electron chi connectivity index (χ2n) is 2.82. The Bertz CT molecular complexity index is 336. The van der Waals surface area contributed by atoms with Crippen molar-refractivity contribution in [2.75, 3.05) is 5.73 Å². The number of anilines is 1. The zero-order valence-electron chi connectivity index (χ0n) is 7.36. The molecule has 1 rings (SSSR count). The van der Waals surface area contributed by atoms with E-state index < -0.39 is 24.6 Å². The highest BCUT2D eigenvalue weighted by molar-refractivity contribution is 5.44. The molecular weight excluding hydrogens is 215 g/mol. The molecule has 0 radical (unpaired) electrons. The van der Waals surface area contributed by atoms with Crippen LogP contribution in [0.5, 0.6) is 5.88 Å². The highest BCUT2D eigenvalue weighted by Gasteiger charge is 2.39. The zero-order valence-corrected chi connectivity index (χ0v) is 7.36. The smallest absolute Gasteiger partial charge is 0.414 e. The molecule has 1 heterocycles. The Morgan fingerprint density at radius 3 is 2.47 bits per heavy atom. The summed E-state index contributed by atoms with van der Waals surface area (Å²) in [5.74, 6) is -0.948. The quantitative estimate of drug-likeness (QED) is 0.667. The van der Waals surface area contributed by atoms with Crippen LogP contribution in [0.15, 0.2) is 6.33 Å². The van der Waals surface area contributed by atoms with Crippen LogP contribution in [0, 0.1) is 0 Å². The Kier molecular flexibility index (Phi) is 2.98. The Balaban J connectivity index is 2.90. The number of aromatic nitrogens is 2. The van der Waals surface area contributed by atoms with Gasteiger partial charge in [-0.15, -0.1) is 0 Å². The summed E-state index contributed by atoms with van der Waals surface area (Å²) in [5.41, 5.74) is 4.91. The predicted octanol–water partition coefficient (Wildman–Crippen LogP) is 0.230. The van der Waals surface area contributed by atoms with E-state index in [1.54, 1.807) is 0 Å². The van der Waals surface area contributed by atoms with Gasteiger partial charge in [0.05, 0.1) is 5.56 Å². The number of nitrogens with two attached hydrogens (primary N) is 1. The van der Waals surface area contributed by atoms with Gasteiger partial charge in [-0.2, -0.15) is 13.2 Å². The van der Waals surface area contributed by atoms with Crippen molar-refractivity contribution in [2.45, 2.75) is 18.7 Å². The summed E-state index contributed by atoms with van der Waals surface area (Å²) >= 11 is 0. The third-order valence-corrected chi connectivity index (χ3v) is 1.73. The number of nitrogens with zero attached hydrogens (tertiary/aromatic N) is 2. The van der Waals surface area contributed by atoms with Crippen LogP contribution in [-0.2, 0) is 6.42 Å². The number of rotatable bonds is 2. The van der Waals surface area contributed by atoms with E-state index in [-0.39, 0.29) is 11.4 Å². The van der Waals surface area contributed by atoms with Crippen LogP contribution in [0.2, 0.25) is 0 Å². The third-order valence-electron chi connectivity index (χ3n) is 1.73. The van der Waals surface area contributed by atoms with Crippen molar-refractivity contribution in [3.05, 3.63) is 11.9 Å². The maximum absolute atomic E-state index is 12.0. The number of alkyl halides is 3. The molecule has 0 bridgehead atoms. The van der Waals surface area contributed by atoms with Crippen molar-refractivity contribution in [2.24, 2.45) is 0 Å². The number of hydrogen-bond donors (Lipinski definition) is 3. The van der Waals surface area contributed by atoms with Gasteiger partial charge in [0, 0.05) is 6.42 Å². The monoisotopic (exact) mass is 223 g/mol. The molecule has 0 aliphatic heterocycles. The van der Waals surface area contributed by atoms with E-state index in [2.05, 4.69) is 9.97 Å². The van der Waals surface area contributed by atoms with E-state index in [0.29, 0.717) is 0 Å². The minimum atomic E-state index is -4.77. The average molecular weight is 223 g/mol. The highest BCUT2D eigenvalue weighted by Crippen LogP contribution is 2.27. The molecule has 0 spiro atoms. The van der Waals surface area contributed by atoms with Crippen molar-refractivity contribution >= 4 is 5.82 Å². The summed E-state index contributed by atoms with van der Waals surface area (Å²) in [6.07, 6.45) is -7.33. The second-order valence-corrected chi connectivity index (χ2v) is 2.82. The molecule has 0 aliphatic carbocycles. The zero-order chi connectivity index (χ0) is 11.6. The first-order valence-corrected chi connectivity index (χ1v) is 3.85. The lowest BCUT2D eigenvalue weighted by Gasteiger charge is -2.15.